The normalized spacial score (nSPS) is 20.8. The maximum atomic E-state index is 12.7. The fourth-order valence-electron chi connectivity index (χ4n) is 3.40. The van der Waals surface area contributed by atoms with E-state index >= 15 is 0 Å². The van der Waals surface area contributed by atoms with Gasteiger partial charge >= 0.3 is 6.09 Å². The number of anilines is 1. The van der Waals surface area contributed by atoms with Gasteiger partial charge in [0.1, 0.15) is 5.60 Å². The SMILES string of the molecule is CC(C)(C)C[C@@H]1CN(C(=O)OC(C)(C)C)C[C@H](n2cnc3c(=O)[nH]c(N)nc32)O1. The van der Waals surface area contributed by atoms with Crippen LogP contribution in [0.25, 0.3) is 11.2 Å². The number of ether oxygens (including phenoxy) is 2. The van der Waals surface area contributed by atoms with Gasteiger partial charge in [-0.1, -0.05) is 20.8 Å². The molecular formula is C19H30N6O4. The molecule has 2 atom stereocenters. The number of H-pyrrole nitrogens is 1. The highest BCUT2D eigenvalue weighted by atomic mass is 16.6. The van der Waals surface area contributed by atoms with E-state index < -0.39 is 23.5 Å². The second kappa shape index (κ2) is 7.33. The van der Waals surface area contributed by atoms with Gasteiger partial charge in [0.15, 0.2) is 17.4 Å². The maximum Gasteiger partial charge on any atom is 0.410 e. The average molecular weight is 406 g/mol. The van der Waals surface area contributed by atoms with Gasteiger partial charge in [-0.05, 0) is 32.6 Å². The molecule has 0 spiro atoms. The Balaban J connectivity index is 1.94. The smallest absolute Gasteiger partial charge is 0.410 e. The molecule has 2 aromatic heterocycles. The summed E-state index contributed by atoms with van der Waals surface area (Å²) in [5.41, 5.74) is 5.17. The van der Waals surface area contributed by atoms with Gasteiger partial charge in [-0.3, -0.25) is 14.3 Å². The largest absolute Gasteiger partial charge is 0.444 e. The number of imidazole rings is 1. The third-order valence-electron chi connectivity index (χ3n) is 4.40. The van der Waals surface area contributed by atoms with Crippen molar-refractivity contribution in [3.05, 3.63) is 16.7 Å². The van der Waals surface area contributed by atoms with Crippen LogP contribution in [0, 0.1) is 5.41 Å². The number of nitrogens with one attached hydrogen (secondary N) is 1. The van der Waals surface area contributed by atoms with Crippen LogP contribution in [-0.2, 0) is 9.47 Å². The second-order valence-electron chi connectivity index (χ2n) is 9.64. The second-order valence-corrected chi connectivity index (χ2v) is 9.64. The molecule has 3 heterocycles. The first-order valence-corrected chi connectivity index (χ1v) is 9.68. The van der Waals surface area contributed by atoms with Crippen LogP contribution in [0.15, 0.2) is 11.1 Å². The molecule has 1 saturated heterocycles. The molecule has 0 bridgehead atoms. The predicted molar refractivity (Wildman–Crippen MR) is 108 cm³/mol. The molecule has 10 heteroatoms. The van der Waals surface area contributed by atoms with E-state index in [0.717, 1.165) is 6.42 Å². The summed E-state index contributed by atoms with van der Waals surface area (Å²) in [6.07, 6.45) is 1.05. The van der Waals surface area contributed by atoms with E-state index in [0.29, 0.717) is 12.2 Å². The number of aromatic amines is 1. The molecule has 1 aliphatic heterocycles. The average Bonchev–Trinajstić information content (AvgIpc) is 2.95. The summed E-state index contributed by atoms with van der Waals surface area (Å²) in [6.45, 7) is 12.5. The standard InChI is InChI=1S/C19H30N6O4/c1-18(2,3)7-11-8-24(17(27)29-19(4,5)6)9-12(28-11)25-10-21-13-14(25)22-16(20)23-15(13)26/h10-12H,7-9H2,1-6H3,(H3,20,22,23,26)/t11-,12-/m1/s1. The third-order valence-corrected chi connectivity index (χ3v) is 4.40. The minimum absolute atomic E-state index is 0.00297. The van der Waals surface area contributed by atoms with Crippen molar-refractivity contribution in [1.82, 2.24) is 24.4 Å². The third kappa shape index (κ3) is 5.06. The highest BCUT2D eigenvalue weighted by Gasteiger charge is 2.36. The lowest BCUT2D eigenvalue weighted by atomic mass is 9.88. The molecule has 1 amide bonds. The van der Waals surface area contributed by atoms with Crippen molar-refractivity contribution < 1.29 is 14.3 Å². The van der Waals surface area contributed by atoms with Gasteiger partial charge < -0.3 is 20.1 Å². The van der Waals surface area contributed by atoms with Gasteiger partial charge in [0.25, 0.3) is 5.56 Å². The zero-order chi connectivity index (χ0) is 21.6. The van der Waals surface area contributed by atoms with Gasteiger partial charge in [-0.25, -0.2) is 9.78 Å². The highest BCUT2D eigenvalue weighted by Crippen LogP contribution is 2.30. The van der Waals surface area contributed by atoms with E-state index in [1.165, 1.54) is 6.33 Å². The van der Waals surface area contributed by atoms with E-state index in [2.05, 4.69) is 35.7 Å². The van der Waals surface area contributed by atoms with Crippen LogP contribution in [0.1, 0.15) is 54.2 Å². The summed E-state index contributed by atoms with van der Waals surface area (Å²) >= 11 is 0. The number of morpholine rings is 1. The van der Waals surface area contributed by atoms with Crippen molar-refractivity contribution in [2.45, 2.75) is 65.9 Å². The fourth-order valence-corrected chi connectivity index (χ4v) is 3.40. The highest BCUT2D eigenvalue weighted by molar-refractivity contribution is 5.71. The summed E-state index contributed by atoms with van der Waals surface area (Å²) in [5.74, 6) is -0.00435. The Labute approximate surface area is 169 Å². The minimum Gasteiger partial charge on any atom is -0.444 e. The van der Waals surface area contributed by atoms with E-state index in [-0.39, 0.29) is 29.5 Å². The first kappa shape index (κ1) is 21.1. The van der Waals surface area contributed by atoms with Gasteiger partial charge in [0.2, 0.25) is 5.95 Å². The number of amides is 1. The van der Waals surface area contributed by atoms with Crippen LogP contribution >= 0.6 is 0 Å². The van der Waals surface area contributed by atoms with Crippen molar-refractivity contribution in [2.24, 2.45) is 5.41 Å². The summed E-state index contributed by atoms with van der Waals surface area (Å²) in [4.78, 5) is 37.3. The lowest BCUT2D eigenvalue weighted by Gasteiger charge is -2.40. The number of fused-ring (bicyclic) bond motifs is 1. The summed E-state index contributed by atoms with van der Waals surface area (Å²) < 4.78 is 13.5. The Bertz CT molecular complexity index is 952. The maximum absolute atomic E-state index is 12.7. The number of hydrogen-bond donors (Lipinski definition) is 2. The Hall–Kier alpha value is -2.62. The Morgan fingerprint density at radius 3 is 2.62 bits per heavy atom. The van der Waals surface area contributed by atoms with Crippen molar-refractivity contribution in [3.8, 4) is 0 Å². The topological polar surface area (TPSA) is 128 Å². The van der Waals surface area contributed by atoms with Gasteiger partial charge in [-0.15, -0.1) is 0 Å². The van der Waals surface area contributed by atoms with Crippen LogP contribution in [0.3, 0.4) is 0 Å². The molecule has 1 fully saturated rings. The molecule has 0 aromatic carbocycles. The van der Waals surface area contributed by atoms with Crippen LogP contribution < -0.4 is 11.3 Å². The molecule has 160 valence electrons. The van der Waals surface area contributed by atoms with Crippen LogP contribution in [0.2, 0.25) is 0 Å². The molecule has 2 aromatic rings. The number of aromatic nitrogens is 4. The zero-order valence-corrected chi connectivity index (χ0v) is 17.9. The van der Waals surface area contributed by atoms with E-state index in [1.54, 1.807) is 9.47 Å². The predicted octanol–water partition coefficient (Wildman–Crippen LogP) is 2.27. The van der Waals surface area contributed by atoms with E-state index in [9.17, 15) is 9.59 Å². The van der Waals surface area contributed by atoms with Crippen LogP contribution in [0.4, 0.5) is 10.7 Å². The molecule has 0 saturated carbocycles. The monoisotopic (exact) mass is 406 g/mol. The molecule has 0 aliphatic carbocycles. The summed E-state index contributed by atoms with van der Waals surface area (Å²) in [7, 11) is 0. The fraction of sp³-hybridized carbons (Fsp3) is 0.684. The van der Waals surface area contributed by atoms with E-state index in [1.807, 2.05) is 20.8 Å². The quantitative estimate of drug-likeness (QED) is 0.783. The van der Waals surface area contributed by atoms with Gasteiger partial charge in [0, 0.05) is 0 Å². The molecule has 3 N–H and O–H groups in total. The Morgan fingerprint density at radius 2 is 2.00 bits per heavy atom. The first-order valence-electron chi connectivity index (χ1n) is 9.68. The summed E-state index contributed by atoms with van der Waals surface area (Å²) in [6, 6.07) is 0. The number of nitrogens with two attached hydrogens (primary N) is 1. The van der Waals surface area contributed by atoms with Crippen LogP contribution in [0.5, 0.6) is 0 Å². The minimum atomic E-state index is -0.602. The molecule has 0 radical (unpaired) electrons. The summed E-state index contributed by atoms with van der Waals surface area (Å²) in [5, 5.41) is 0. The Morgan fingerprint density at radius 1 is 1.31 bits per heavy atom. The number of nitrogen functional groups attached to an aromatic ring is 1. The van der Waals surface area contributed by atoms with Gasteiger partial charge in [-0.2, -0.15) is 4.98 Å². The molecule has 0 unspecified atom stereocenters. The number of rotatable bonds is 2. The number of nitrogens with zero attached hydrogens (tertiary/aromatic N) is 4. The van der Waals surface area contributed by atoms with E-state index in [4.69, 9.17) is 15.2 Å². The van der Waals surface area contributed by atoms with Crippen molar-refractivity contribution >= 4 is 23.2 Å². The zero-order valence-electron chi connectivity index (χ0n) is 17.9. The number of carbonyl (C=O) groups excluding carboxylic acids is 1. The van der Waals surface area contributed by atoms with Gasteiger partial charge in [0.05, 0.1) is 25.5 Å². The number of hydrogen-bond acceptors (Lipinski definition) is 7. The van der Waals surface area contributed by atoms with Crippen molar-refractivity contribution in [2.75, 3.05) is 18.8 Å². The molecule has 10 nitrogen and oxygen atoms in total. The molecule has 29 heavy (non-hydrogen) atoms. The molecule has 1 aliphatic rings. The van der Waals surface area contributed by atoms with Crippen molar-refractivity contribution in [1.29, 1.82) is 0 Å². The van der Waals surface area contributed by atoms with Crippen molar-refractivity contribution in [3.63, 3.8) is 0 Å². The molecule has 3 rings (SSSR count). The van der Waals surface area contributed by atoms with Crippen LogP contribution in [-0.4, -0.2) is 55.3 Å². The lowest BCUT2D eigenvalue weighted by molar-refractivity contribution is -0.127. The first-order chi connectivity index (χ1) is 13.3. The Kier molecular flexibility index (Phi) is 5.33. The lowest BCUT2D eigenvalue weighted by Crippen LogP contribution is -2.50. The number of carbonyl (C=O) groups is 1. The molecular weight excluding hydrogens is 376 g/mol.